The van der Waals surface area contributed by atoms with Crippen LogP contribution in [0.2, 0.25) is 0 Å². The van der Waals surface area contributed by atoms with Gasteiger partial charge in [0.1, 0.15) is 0 Å². The minimum atomic E-state index is -2.76. The largest absolute Gasteiger partial charge is 0.297 e. The number of nitrogens with zero attached hydrogens (tertiary/aromatic N) is 1. The average Bonchev–Trinajstić information content (AvgIpc) is 2.85. The molecule has 122 valence electrons. The molecule has 0 saturated carbocycles. The molecule has 4 rings (SSSR count). The average molecular weight is 335 g/mol. The van der Waals surface area contributed by atoms with Crippen LogP contribution in [-0.4, -0.2) is 11.7 Å². The zero-order chi connectivity index (χ0) is 16.7. The molecule has 0 aromatic heterocycles. The van der Waals surface area contributed by atoms with Crippen LogP contribution in [0.4, 0.5) is 0 Å². The highest BCUT2D eigenvalue weighted by molar-refractivity contribution is 7.73. The summed E-state index contributed by atoms with van der Waals surface area (Å²) in [5.74, 6) is 0.510. The number of benzene rings is 2. The molecule has 0 N–H and O–H groups in total. The molecular formula is C21H22NOP. The summed E-state index contributed by atoms with van der Waals surface area (Å²) < 4.78 is 16.4. The molecule has 0 radical (unpaired) electrons. The minimum Gasteiger partial charge on any atom is -0.297 e. The van der Waals surface area contributed by atoms with Crippen LogP contribution in [0.3, 0.4) is 0 Å². The zero-order valence-corrected chi connectivity index (χ0v) is 14.9. The summed E-state index contributed by atoms with van der Waals surface area (Å²) in [7, 11) is -0.744. The van der Waals surface area contributed by atoms with Crippen LogP contribution in [0.5, 0.6) is 0 Å². The molecule has 0 amide bonds. The van der Waals surface area contributed by atoms with Gasteiger partial charge in [0.15, 0.2) is 0 Å². The summed E-state index contributed by atoms with van der Waals surface area (Å²) in [5.41, 5.74) is 1.23. The molecule has 1 aliphatic carbocycles. The van der Waals surface area contributed by atoms with Gasteiger partial charge in [0.05, 0.1) is 6.04 Å². The summed E-state index contributed by atoms with van der Waals surface area (Å²) in [6.45, 7) is 2.16. The van der Waals surface area contributed by atoms with Gasteiger partial charge in [0.25, 0.3) is 0 Å². The van der Waals surface area contributed by atoms with E-state index in [9.17, 15) is 4.57 Å². The highest BCUT2D eigenvalue weighted by Crippen LogP contribution is 2.70. The highest BCUT2D eigenvalue weighted by atomic mass is 31.2. The molecule has 2 aromatic carbocycles. The van der Waals surface area contributed by atoms with Gasteiger partial charge in [-0.1, -0.05) is 73.7 Å². The standard InChI is InChI=1S/C21H22NOP/c1-16-13-14-19-20(15-16)24(23,18-11-7-4-8-12-18)22(2)21(19)17-9-5-3-6-10-17/h3-16,19,21H,1-2H3/t16-,19+,21-,24-/m1/s1. The second kappa shape index (κ2) is 5.88. The van der Waals surface area contributed by atoms with E-state index < -0.39 is 7.29 Å². The van der Waals surface area contributed by atoms with Gasteiger partial charge < -0.3 is 0 Å². The summed E-state index contributed by atoms with van der Waals surface area (Å²) in [6.07, 6.45) is 6.72. The van der Waals surface area contributed by atoms with Crippen LogP contribution < -0.4 is 5.30 Å². The SMILES string of the molecule is C[C@@H]1C=C[C@H]2C(=C1)[P@](=O)(c1ccccc1)N(C)[C@@H]2c1ccccc1. The molecule has 0 bridgehead atoms. The predicted octanol–water partition coefficient (Wildman–Crippen LogP) is 4.98. The van der Waals surface area contributed by atoms with Gasteiger partial charge in [0.2, 0.25) is 7.29 Å². The molecule has 2 aromatic rings. The molecule has 1 saturated heterocycles. The van der Waals surface area contributed by atoms with Crippen molar-refractivity contribution in [1.82, 2.24) is 4.67 Å². The van der Waals surface area contributed by atoms with Crippen LogP contribution in [-0.2, 0) is 4.57 Å². The number of allylic oxidation sites excluding steroid dienone is 2. The first kappa shape index (κ1) is 15.6. The highest BCUT2D eigenvalue weighted by Gasteiger charge is 2.51. The van der Waals surface area contributed by atoms with Gasteiger partial charge in [-0.25, -0.2) is 4.67 Å². The van der Waals surface area contributed by atoms with Gasteiger partial charge in [-0.2, -0.15) is 0 Å². The van der Waals surface area contributed by atoms with E-state index in [4.69, 9.17) is 0 Å². The molecule has 1 heterocycles. The summed E-state index contributed by atoms with van der Waals surface area (Å²) in [6, 6.07) is 20.5. The van der Waals surface area contributed by atoms with Crippen LogP contribution in [0.25, 0.3) is 0 Å². The lowest BCUT2D eigenvalue weighted by atomic mass is 9.87. The first-order chi connectivity index (χ1) is 11.6. The monoisotopic (exact) mass is 335 g/mol. The molecule has 0 unspecified atom stereocenters. The molecule has 0 spiro atoms. The van der Waals surface area contributed by atoms with Crippen molar-refractivity contribution in [3.8, 4) is 0 Å². The Morgan fingerprint density at radius 2 is 1.54 bits per heavy atom. The van der Waals surface area contributed by atoms with E-state index in [2.05, 4.69) is 54.1 Å². The van der Waals surface area contributed by atoms with Crippen molar-refractivity contribution in [2.45, 2.75) is 13.0 Å². The Morgan fingerprint density at radius 3 is 2.21 bits per heavy atom. The second-order valence-electron chi connectivity index (χ2n) is 6.70. The zero-order valence-electron chi connectivity index (χ0n) is 14.0. The minimum absolute atomic E-state index is 0.118. The molecule has 1 fully saturated rings. The first-order valence-corrected chi connectivity index (χ1v) is 10.1. The summed E-state index contributed by atoms with van der Waals surface area (Å²) in [4.78, 5) is 0. The van der Waals surface area contributed by atoms with Crippen LogP contribution in [0.15, 0.2) is 84.2 Å². The van der Waals surface area contributed by atoms with Crippen molar-refractivity contribution in [2.75, 3.05) is 7.05 Å². The van der Waals surface area contributed by atoms with Gasteiger partial charge in [-0.15, -0.1) is 0 Å². The Labute approximate surface area is 143 Å². The van der Waals surface area contributed by atoms with Crippen molar-refractivity contribution in [3.63, 3.8) is 0 Å². The molecular weight excluding hydrogens is 313 g/mol. The van der Waals surface area contributed by atoms with E-state index >= 15 is 0 Å². The fraction of sp³-hybridized carbons (Fsp3) is 0.238. The number of fused-ring (bicyclic) bond motifs is 1. The normalized spacial score (nSPS) is 32.4. The third-order valence-corrected chi connectivity index (χ3v) is 8.46. The topological polar surface area (TPSA) is 20.3 Å². The molecule has 1 aliphatic heterocycles. The van der Waals surface area contributed by atoms with E-state index in [1.54, 1.807) is 0 Å². The quantitative estimate of drug-likeness (QED) is 0.570. The number of hydrogen-bond acceptors (Lipinski definition) is 1. The van der Waals surface area contributed by atoms with E-state index in [0.29, 0.717) is 5.92 Å². The Bertz CT molecular complexity index is 841. The van der Waals surface area contributed by atoms with Gasteiger partial charge in [0, 0.05) is 16.5 Å². The molecule has 24 heavy (non-hydrogen) atoms. The van der Waals surface area contributed by atoms with E-state index in [1.807, 2.05) is 43.4 Å². The Balaban J connectivity index is 1.91. The van der Waals surface area contributed by atoms with Crippen molar-refractivity contribution in [2.24, 2.45) is 11.8 Å². The molecule has 3 heteroatoms. The maximum atomic E-state index is 14.3. The summed E-state index contributed by atoms with van der Waals surface area (Å²) in [5, 5.41) is 2.03. The number of rotatable bonds is 2. The number of hydrogen-bond donors (Lipinski definition) is 0. The van der Waals surface area contributed by atoms with E-state index in [0.717, 1.165) is 10.6 Å². The third kappa shape index (κ3) is 2.25. The smallest absolute Gasteiger partial charge is 0.203 e. The molecule has 2 nitrogen and oxygen atoms in total. The van der Waals surface area contributed by atoms with Gasteiger partial charge >= 0.3 is 0 Å². The van der Waals surface area contributed by atoms with Gasteiger partial charge in [-0.05, 0) is 30.7 Å². The molecule has 4 atom stereocenters. The lowest BCUT2D eigenvalue weighted by Gasteiger charge is -2.26. The molecule has 2 aliphatic rings. The van der Waals surface area contributed by atoms with Crippen molar-refractivity contribution in [1.29, 1.82) is 0 Å². The van der Waals surface area contributed by atoms with Crippen LogP contribution >= 0.6 is 7.29 Å². The Kier molecular flexibility index (Phi) is 3.83. The maximum absolute atomic E-state index is 14.3. The van der Waals surface area contributed by atoms with Gasteiger partial charge in [-0.3, -0.25) is 4.57 Å². The van der Waals surface area contributed by atoms with Crippen LogP contribution in [0, 0.1) is 11.8 Å². The predicted molar refractivity (Wildman–Crippen MR) is 101 cm³/mol. The van der Waals surface area contributed by atoms with Crippen LogP contribution in [0.1, 0.15) is 18.5 Å². The fourth-order valence-corrected chi connectivity index (χ4v) is 7.32. The third-order valence-electron chi connectivity index (χ3n) is 5.18. The van der Waals surface area contributed by atoms with E-state index in [-0.39, 0.29) is 12.0 Å². The lowest BCUT2D eigenvalue weighted by molar-refractivity contribution is 0.371. The van der Waals surface area contributed by atoms with E-state index in [1.165, 1.54) is 5.56 Å². The van der Waals surface area contributed by atoms with Crippen molar-refractivity contribution >= 4 is 12.6 Å². The summed E-state index contributed by atoms with van der Waals surface area (Å²) >= 11 is 0. The lowest BCUT2D eigenvalue weighted by Crippen LogP contribution is -2.21. The van der Waals surface area contributed by atoms with Crippen molar-refractivity contribution in [3.05, 3.63) is 89.8 Å². The maximum Gasteiger partial charge on any atom is 0.203 e. The Hall–Kier alpha value is -1.89. The second-order valence-corrected chi connectivity index (χ2v) is 9.52. The Morgan fingerprint density at radius 1 is 0.917 bits per heavy atom. The first-order valence-electron chi connectivity index (χ1n) is 8.47. The fourth-order valence-electron chi connectivity index (χ4n) is 4.02. The van der Waals surface area contributed by atoms with Crippen molar-refractivity contribution < 1.29 is 4.57 Å².